The third-order valence-corrected chi connectivity index (χ3v) is 2.03. The number of rotatable bonds is 1. The maximum atomic E-state index is 11.8. The van der Waals surface area contributed by atoms with E-state index in [9.17, 15) is 8.78 Å². The second-order valence-electron chi connectivity index (χ2n) is 2.89. The van der Waals surface area contributed by atoms with Crippen molar-refractivity contribution in [1.29, 1.82) is 0 Å². The lowest BCUT2D eigenvalue weighted by Gasteiger charge is -2.31. The molecule has 1 aliphatic rings. The van der Waals surface area contributed by atoms with Crippen molar-refractivity contribution < 1.29 is 8.78 Å². The molecule has 2 N–H and O–H groups in total. The molecule has 4 heteroatoms. The van der Waals surface area contributed by atoms with Gasteiger partial charge in [-0.05, 0) is 31.3 Å². The van der Waals surface area contributed by atoms with Crippen molar-refractivity contribution >= 4 is 12.4 Å². The van der Waals surface area contributed by atoms with Gasteiger partial charge in [0.25, 0.3) is 6.08 Å². The van der Waals surface area contributed by atoms with Crippen molar-refractivity contribution in [2.24, 2.45) is 11.7 Å². The van der Waals surface area contributed by atoms with Gasteiger partial charge in [0.2, 0.25) is 0 Å². The number of nitrogens with two attached hydrogens (primary N) is 1. The van der Waals surface area contributed by atoms with E-state index in [4.69, 9.17) is 5.73 Å². The van der Waals surface area contributed by atoms with Crippen LogP contribution in [0.2, 0.25) is 0 Å². The highest BCUT2D eigenvalue weighted by Crippen LogP contribution is 2.37. The van der Waals surface area contributed by atoms with Crippen molar-refractivity contribution in [2.75, 3.05) is 0 Å². The van der Waals surface area contributed by atoms with Gasteiger partial charge in [-0.15, -0.1) is 12.4 Å². The van der Waals surface area contributed by atoms with Gasteiger partial charge in [-0.3, -0.25) is 0 Å². The Hall–Kier alpha value is -0.150. The van der Waals surface area contributed by atoms with Gasteiger partial charge in [0, 0.05) is 6.04 Å². The van der Waals surface area contributed by atoms with Crippen molar-refractivity contribution in [3.05, 3.63) is 11.7 Å². The summed E-state index contributed by atoms with van der Waals surface area (Å²) in [6.45, 7) is 1.86. The standard InChI is InChI=1S/C7H11F2N.ClH/c1-4(10)5-2-6(3-5)7(8)9;/h4-5H,2-3,10H2,1H3;1H. The Morgan fingerprint density at radius 2 is 2.00 bits per heavy atom. The average Bonchev–Trinajstić information content (AvgIpc) is 1.56. The fourth-order valence-corrected chi connectivity index (χ4v) is 1.10. The van der Waals surface area contributed by atoms with Crippen LogP contribution in [-0.2, 0) is 0 Å². The molecule has 66 valence electrons. The first-order valence-electron chi connectivity index (χ1n) is 3.40. The molecule has 1 fully saturated rings. The van der Waals surface area contributed by atoms with Crippen molar-refractivity contribution in [3.63, 3.8) is 0 Å². The summed E-state index contributed by atoms with van der Waals surface area (Å²) in [7, 11) is 0. The molecular formula is C7H12ClF2N. The van der Waals surface area contributed by atoms with E-state index in [1.54, 1.807) is 0 Å². The quantitative estimate of drug-likeness (QED) is 0.664. The van der Waals surface area contributed by atoms with Gasteiger partial charge in [-0.2, -0.15) is 8.78 Å². The molecule has 0 spiro atoms. The zero-order valence-corrected chi connectivity index (χ0v) is 7.13. The van der Waals surface area contributed by atoms with Gasteiger partial charge in [0.15, 0.2) is 0 Å². The molecule has 1 saturated carbocycles. The average molecular weight is 184 g/mol. The van der Waals surface area contributed by atoms with E-state index in [1.165, 1.54) is 0 Å². The van der Waals surface area contributed by atoms with Gasteiger partial charge >= 0.3 is 0 Å². The summed E-state index contributed by atoms with van der Waals surface area (Å²) in [5.41, 5.74) is 5.79. The smallest absolute Gasteiger partial charge is 0.269 e. The van der Waals surface area contributed by atoms with Gasteiger partial charge in [-0.25, -0.2) is 0 Å². The number of hydrogen-bond acceptors (Lipinski definition) is 1. The molecule has 1 aliphatic carbocycles. The summed E-state index contributed by atoms with van der Waals surface area (Å²) >= 11 is 0. The highest BCUT2D eigenvalue weighted by Gasteiger charge is 2.29. The molecule has 0 radical (unpaired) electrons. The third kappa shape index (κ3) is 2.42. The fourth-order valence-electron chi connectivity index (χ4n) is 1.10. The Morgan fingerprint density at radius 3 is 2.27 bits per heavy atom. The van der Waals surface area contributed by atoms with Crippen LogP contribution in [0.15, 0.2) is 11.7 Å². The summed E-state index contributed by atoms with van der Waals surface area (Å²) in [6.07, 6.45) is -0.503. The van der Waals surface area contributed by atoms with Crippen LogP contribution < -0.4 is 5.73 Å². The molecule has 11 heavy (non-hydrogen) atoms. The predicted octanol–water partition coefficient (Wildman–Crippen LogP) is 2.32. The topological polar surface area (TPSA) is 26.0 Å². The molecule has 1 unspecified atom stereocenters. The van der Waals surface area contributed by atoms with E-state index in [0.29, 0.717) is 18.4 Å². The Morgan fingerprint density at radius 1 is 1.55 bits per heavy atom. The highest BCUT2D eigenvalue weighted by molar-refractivity contribution is 5.85. The molecule has 0 bridgehead atoms. The maximum absolute atomic E-state index is 11.8. The summed E-state index contributed by atoms with van der Waals surface area (Å²) in [5.74, 6) is 0.288. The minimum atomic E-state index is -1.50. The lowest BCUT2D eigenvalue weighted by atomic mass is 9.77. The molecule has 0 aromatic heterocycles. The second kappa shape index (κ2) is 4.02. The molecule has 0 heterocycles. The van der Waals surface area contributed by atoms with E-state index in [2.05, 4.69) is 0 Å². The lowest BCUT2D eigenvalue weighted by Crippen LogP contribution is -2.33. The second-order valence-corrected chi connectivity index (χ2v) is 2.89. The van der Waals surface area contributed by atoms with Crippen LogP contribution in [0.1, 0.15) is 19.8 Å². The largest absolute Gasteiger partial charge is 0.328 e. The van der Waals surface area contributed by atoms with Gasteiger partial charge < -0.3 is 5.73 Å². The number of allylic oxidation sites excluding steroid dienone is 1. The van der Waals surface area contributed by atoms with Crippen molar-refractivity contribution in [1.82, 2.24) is 0 Å². The van der Waals surface area contributed by atoms with Crippen LogP contribution in [-0.4, -0.2) is 6.04 Å². The summed E-state index contributed by atoms with van der Waals surface area (Å²) in [6, 6.07) is 0.0584. The Labute approximate surface area is 71.1 Å². The minimum absolute atomic E-state index is 0. The Kier molecular flexibility index (Phi) is 3.97. The fraction of sp³-hybridized carbons (Fsp3) is 0.714. The molecule has 0 aromatic carbocycles. The van der Waals surface area contributed by atoms with Crippen LogP contribution in [0.3, 0.4) is 0 Å². The van der Waals surface area contributed by atoms with Crippen LogP contribution in [0.4, 0.5) is 8.78 Å². The van der Waals surface area contributed by atoms with E-state index in [-0.39, 0.29) is 24.4 Å². The number of halogens is 3. The predicted molar refractivity (Wildman–Crippen MR) is 42.9 cm³/mol. The summed E-state index contributed by atoms with van der Waals surface area (Å²) < 4.78 is 23.5. The molecular weight excluding hydrogens is 172 g/mol. The first-order chi connectivity index (χ1) is 4.61. The van der Waals surface area contributed by atoms with E-state index >= 15 is 0 Å². The monoisotopic (exact) mass is 183 g/mol. The Bertz CT molecular complexity index is 156. The van der Waals surface area contributed by atoms with Crippen molar-refractivity contribution in [3.8, 4) is 0 Å². The zero-order chi connectivity index (χ0) is 7.72. The van der Waals surface area contributed by atoms with E-state index in [1.807, 2.05) is 6.92 Å². The van der Waals surface area contributed by atoms with Crippen LogP contribution >= 0.6 is 12.4 Å². The highest BCUT2D eigenvalue weighted by atomic mass is 35.5. The first-order valence-corrected chi connectivity index (χ1v) is 3.40. The third-order valence-electron chi connectivity index (χ3n) is 2.03. The normalized spacial score (nSPS) is 25.1. The lowest BCUT2D eigenvalue weighted by molar-refractivity contribution is 0.310. The minimum Gasteiger partial charge on any atom is -0.328 e. The van der Waals surface area contributed by atoms with Crippen LogP contribution in [0.25, 0.3) is 0 Å². The summed E-state index contributed by atoms with van der Waals surface area (Å²) in [5, 5.41) is 0. The molecule has 1 rings (SSSR count). The van der Waals surface area contributed by atoms with Crippen molar-refractivity contribution in [2.45, 2.75) is 25.8 Å². The maximum Gasteiger partial charge on any atom is 0.269 e. The summed E-state index contributed by atoms with van der Waals surface area (Å²) in [4.78, 5) is 0. The first kappa shape index (κ1) is 10.8. The van der Waals surface area contributed by atoms with Gasteiger partial charge in [-0.1, -0.05) is 0 Å². The van der Waals surface area contributed by atoms with E-state index < -0.39 is 6.08 Å². The van der Waals surface area contributed by atoms with Crippen LogP contribution in [0.5, 0.6) is 0 Å². The van der Waals surface area contributed by atoms with Gasteiger partial charge in [0.1, 0.15) is 0 Å². The zero-order valence-electron chi connectivity index (χ0n) is 6.31. The Balaban J connectivity index is 0.000001000. The van der Waals surface area contributed by atoms with Crippen LogP contribution in [0, 0.1) is 5.92 Å². The number of hydrogen-bond donors (Lipinski definition) is 1. The molecule has 0 aromatic rings. The molecule has 0 saturated heterocycles. The van der Waals surface area contributed by atoms with Gasteiger partial charge in [0.05, 0.1) is 0 Å². The SMILES string of the molecule is CC(N)C1CC(=C(F)F)C1.Cl. The molecule has 1 nitrogen and oxygen atoms in total. The molecule has 0 amide bonds. The van der Waals surface area contributed by atoms with E-state index in [0.717, 1.165) is 0 Å². The molecule has 0 aliphatic heterocycles. The molecule has 1 atom stereocenters.